The quantitative estimate of drug-likeness (QED) is 0.719. The molecule has 1 saturated heterocycles. The molecule has 1 aliphatic heterocycles. The van der Waals surface area contributed by atoms with E-state index in [-0.39, 0.29) is 13.1 Å². The molecule has 1 heterocycles. The summed E-state index contributed by atoms with van der Waals surface area (Å²) in [5.74, 6) is -2.03. The lowest BCUT2D eigenvalue weighted by Gasteiger charge is -2.46. The minimum absolute atomic E-state index is 0.112. The molecule has 0 radical (unpaired) electrons. The van der Waals surface area contributed by atoms with E-state index in [2.05, 4.69) is 12.2 Å². The van der Waals surface area contributed by atoms with Crippen LogP contribution >= 0.6 is 0 Å². The van der Waals surface area contributed by atoms with Crippen LogP contribution in [0.3, 0.4) is 0 Å². The summed E-state index contributed by atoms with van der Waals surface area (Å²) in [6.07, 6.45) is 0. The molecule has 0 aromatic rings. The fourth-order valence-electron chi connectivity index (χ4n) is 1.73. The van der Waals surface area contributed by atoms with Gasteiger partial charge < -0.3 is 5.32 Å². The van der Waals surface area contributed by atoms with Crippen molar-refractivity contribution >= 4 is 0 Å². The average molecular weight is 192 g/mol. The molecule has 0 bridgehead atoms. The van der Waals surface area contributed by atoms with Gasteiger partial charge in [-0.15, -0.1) is 0 Å². The highest BCUT2D eigenvalue weighted by molar-refractivity contribution is 4.89. The highest BCUT2D eigenvalue weighted by atomic mass is 19.3. The van der Waals surface area contributed by atoms with Crippen molar-refractivity contribution in [2.45, 2.75) is 25.8 Å². The van der Waals surface area contributed by atoms with Crippen molar-refractivity contribution in [2.75, 3.05) is 26.7 Å². The first kappa shape index (κ1) is 10.9. The lowest BCUT2D eigenvalue weighted by atomic mass is 9.91. The minimum atomic E-state index is -2.59. The normalized spacial score (nSPS) is 30.2. The Bertz CT molecular complexity index is 173. The molecule has 1 N–H and O–H groups in total. The Morgan fingerprint density at radius 3 is 2.46 bits per heavy atom. The van der Waals surface area contributed by atoms with Crippen LogP contribution in [0.4, 0.5) is 8.78 Å². The van der Waals surface area contributed by atoms with Gasteiger partial charge in [0.2, 0.25) is 0 Å². The zero-order valence-electron chi connectivity index (χ0n) is 8.48. The molecule has 78 valence electrons. The highest BCUT2D eigenvalue weighted by Crippen LogP contribution is 2.27. The minimum Gasteiger partial charge on any atom is -0.314 e. The Hall–Kier alpha value is -0.220. The van der Waals surface area contributed by atoms with E-state index in [0.29, 0.717) is 12.0 Å². The van der Waals surface area contributed by atoms with E-state index in [1.165, 1.54) is 0 Å². The second-order valence-electron chi connectivity index (χ2n) is 4.03. The van der Waals surface area contributed by atoms with E-state index in [1.807, 2.05) is 11.8 Å². The van der Waals surface area contributed by atoms with Gasteiger partial charge in [0.15, 0.2) is 0 Å². The van der Waals surface area contributed by atoms with Gasteiger partial charge in [0.05, 0.1) is 13.1 Å². The number of nitrogens with zero attached hydrogens (tertiary/aromatic N) is 1. The van der Waals surface area contributed by atoms with Crippen LogP contribution in [0.1, 0.15) is 13.8 Å². The van der Waals surface area contributed by atoms with Crippen LogP contribution < -0.4 is 5.32 Å². The molecular weight excluding hydrogens is 174 g/mol. The molecule has 2 nitrogen and oxygen atoms in total. The third-order valence-corrected chi connectivity index (χ3v) is 2.79. The van der Waals surface area contributed by atoms with Gasteiger partial charge in [0.1, 0.15) is 0 Å². The topological polar surface area (TPSA) is 15.3 Å². The van der Waals surface area contributed by atoms with Crippen molar-refractivity contribution < 1.29 is 8.78 Å². The van der Waals surface area contributed by atoms with E-state index in [9.17, 15) is 8.78 Å². The Kier molecular flexibility index (Phi) is 3.24. The van der Waals surface area contributed by atoms with Gasteiger partial charge in [0, 0.05) is 12.6 Å². The van der Waals surface area contributed by atoms with Gasteiger partial charge in [0.25, 0.3) is 5.92 Å². The van der Waals surface area contributed by atoms with Gasteiger partial charge in [-0.3, -0.25) is 4.90 Å². The monoisotopic (exact) mass is 192 g/mol. The van der Waals surface area contributed by atoms with Crippen LogP contribution in [0.25, 0.3) is 0 Å². The summed E-state index contributed by atoms with van der Waals surface area (Å²) in [4.78, 5) is 1.84. The molecule has 1 rings (SSSR count). The lowest BCUT2D eigenvalue weighted by molar-refractivity contribution is -0.0777. The van der Waals surface area contributed by atoms with Gasteiger partial charge in [-0.1, -0.05) is 6.92 Å². The molecule has 0 spiro atoms. The van der Waals surface area contributed by atoms with Crippen LogP contribution in [0.5, 0.6) is 0 Å². The molecule has 2 unspecified atom stereocenters. The zero-order valence-corrected chi connectivity index (χ0v) is 8.48. The molecule has 13 heavy (non-hydrogen) atoms. The van der Waals surface area contributed by atoms with Gasteiger partial charge >= 0.3 is 0 Å². The number of hydrogen-bond donors (Lipinski definition) is 1. The van der Waals surface area contributed by atoms with Crippen molar-refractivity contribution in [3.63, 3.8) is 0 Å². The van der Waals surface area contributed by atoms with Crippen LogP contribution in [0, 0.1) is 5.92 Å². The van der Waals surface area contributed by atoms with E-state index in [4.69, 9.17) is 0 Å². The summed E-state index contributed by atoms with van der Waals surface area (Å²) in [5.41, 5.74) is 0. The molecule has 2 atom stereocenters. The summed E-state index contributed by atoms with van der Waals surface area (Å²) >= 11 is 0. The molecular formula is C9H18F2N2. The van der Waals surface area contributed by atoms with Crippen molar-refractivity contribution in [2.24, 2.45) is 5.92 Å². The number of nitrogens with one attached hydrogen (secondary N) is 1. The van der Waals surface area contributed by atoms with Crippen LogP contribution in [-0.4, -0.2) is 43.5 Å². The SMILES string of the molecule is CNCC(F)(F)CN1CC(C)C1C. The molecule has 0 amide bonds. The first-order chi connectivity index (χ1) is 5.96. The largest absolute Gasteiger partial charge is 0.314 e. The highest BCUT2D eigenvalue weighted by Gasteiger charge is 2.39. The third kappa shape index (κ3) is 2.61. The van der Waals surface area contributed by atoms with E-state index in [1.54, 1.807) is 7.05 Å². The Morgan fingerprint density at radius 1 is 1.46 bits per heavy atom. The summed E-state index contributed by atoms with van der Waals surface area (Å²) in [6.45, 7) is 4.56. The summed E-state index contributed by atoms with van der Waals surface area (Å²) in [5, 5.41) is 2.51. The van der Waals surface area contributed by atoms with Crippen LogP contribution in [0.2, 0.25) is 0 Å². The maximum atomic E-state index is 13.1. The fraction of sp³-hybridized carbons (Fsp3) is 1.00. The van der Waals surface area contributed by atoms with E-state index < -0.39 is 5.92 Å². The summed E-state index contributed by atoms with van der Waals surface area (Å²) in [6, 6.07) is 0.308. The Labute approximate surface area is 78.3 Å². The first-order valence-electron chi connectivity index (χ1n) is 4.73. The maximum absolute atomic E-state index is 13.1. The van der Waals surface area contributed by atoms with E-state index >= 15 is 0 Å². The lowest BCUT2D eigenvalue weighted by Crippen LogP contribution is -2.57. The number of hydrogen-bond acceptors (Lipinski definition) is 2. The van der Waals surface area contributed by atoms with Crippen molar-refractivity contribution in [1.82, 2.24) is 10.2 Å². The zero-order chi connectivity index (χ0) is 10.1. The number of alkyl halides is 2. The fourth-order valence-corrected chi connectivity index (χ4v) is 1.73. The maximum Gasteiger partial charge on any atom is 0.272 e. The second-order valence-corrected chi connectivity index (χ2v) is 4.03. The second kappa shape index (κ2) is 3.88. The van der Waals surface area contributed by atoms with Crippen molar-refractivity contribution in [3.05, 3.63) is 0 Å². The summed E-state index contributed by atoms with van der Waals surface area (Å²) < 4.78 is 26.2. The standard InChI is InChI=1S/C9H18F2N2/c1-7-4-13(8(7)2)6-9(10,11)5-12-3/h7-8,12H,4-6H2,1-3H3. The van der Waals surface area contributed by atoms with Crippen LogP contribution in [0.15, 0.2) is 0 Å². The smallest absolute Gasteiger partial charge is 0.272 e. The molecule has 0 saturated carbocycles. The third-order valence-electron chi connectivity index (χ3n) is 2.79. The molecule has 1 fully saturated rings. The average Bonchev–Trinajstić information content (AvgIpc) is 2.03. The molecule has 0 aliphatic carbocycles. The van der Waals surface area contributed by atoms with E-state index in [0.717, 1.165) is 6.54 Å². The molecule has 4 heteroatoms. The van der Waals surface area contributed by atoms with Gasteiger partial charge in [-0.2, -0.15) is 0 Å². The Morgan fingerprint density at radius 2 is 2.08 bits per heavy atom. The van der Waals surface area contributed by atoms with Crippen molar-refractivity contribution in [1.29, 1.82) is 0 Å². The Balaban J connectivity index is 2.32. The van der Waals surface area contributed by atoms with Crippen LogP contribution in [-0.2, 0) is 0 Å². The molecule has 1 aliphatic rings. The number of halogens is 2. The van der Waals surface area contributed by atoms with Gasteiger partial charge in [-0.25, -0.2) is 8.78 Å². The molecule has 0 aromatic heterocycles. The molecule has 0 aromatic carbocycles. The van der Waals surface area contributed by atoms with Gasteiger partial charge in [-0.05, 0) is 19.9 Å². The summed E-state index contributed by atoms with van der Waals surface area (Å²) in [7, 11) is 1.55. The predicted octanol–water partition coefficient (Wildman–Crippen LogP) is 1.18. The van der Waals surface area contributed by atoms with Crippen molar-refractivity contribution in [3.8, 4) is 0 Å². The number of likely N-dealkylation sites (tertiary alicyclic amines) is 1. The number of rotatable bonds is 4. The predicted molar refractivity (Wildman–Crippen MR) is 49.1 cm³/mol. The first-order valence-corrected chi connectivity index (χ1v) is 4.73.